The fraction of sp³-hybridized carbons (Fsp3) is 0.263. The summed E-state index contributed by atoms with van der Waals surface area (Å²) in [6.07, 6.45) is 1.17. The predicted molar refractivity (Wildman–Crippen MR) is 101 cm³/mol. The van der Waals surface area contributed by atoms with Crippen molar-refractivity contribution in [2.45, 2.75) is 6.54 Å². The number of fused-ring (bicyclic) bond motifs is 1. The van der Waals surface area contributed by atoms with Crippen LogP contribution >= 0.6 is 11.6 Å². The molecule has 1 aliphatic heterocycles. The molecule has 1 aliphatic rings. The third-order valence-corrected chi connectivity index (χ3v) is 5.01. The van der Waals surface area contributed by atoms with E-state index in [0.29, 0.717) is 31.2 Å². The minimum Gasteiger partial charge on any atom is -0.465 e. The number of nitrogens with zero attached hydrogens (tertiary/aromatic N) is 4. The Balaban J connectivity index is 1.66. The molecule has 2 aromatic heterocycles. The molecule has 0 atom stereocenters. The van der Waals surface area contributed by atoms with Gasteiger partial charge in [-0.25, -0.2) is 9.78 Å². The summed E-state index contributed by atoms with van der Waals surface area (Å²) in [6, 6.07) is 13.7. The Labute approximate surface area is 156 Å². The van der Waals surface area contributed by atoms with Crippen LogP contribution in [0.1, 0.15) is 5.69 Å². The molecule has 0 bridgehead atoms. The molecule has 134 valence electrons. The second-order valence-electron chi connectivity index (χ2n) is 6.39. The molecule has 4 rings (SSSR count). The molecule has 1 aromatic carbocycles. The number of hydrogen-bond donors (Lipinski definition) is 1. The van der Waals surface area contributed by atoms with Crippen molar-refractivity contribution in [3.63, 3.8) is 0 Å². The maximum absolute atomic E-state index is 11.1. The van der Waals surface area contributed by atoms with Crippen molar-refractivity contribution in [2.24, 2.45) is 0 Å². The van der Waals surface area contributed by atoms with Crippen LogP contribution in [0.4, 0.5) is 4.79 Å². The van der Waals surface area contributed by atoms with Gasteiger partial charge in [0.2, 0.25) is 0 Å². The highest BCUT2D eigenvalue weighted by Gasteiger charge is 2.23. The largest absolute Gasteiger partial charge is 0.465 e. The molecule has 26 heavy (non-hydrogen) atoms. The van der Waals surface area contributed by atoms with Crippen LogP contribution in [0.15, 0.2) is 48.7 Å². The van der Waals surface area contributed by atoms with Crippen molar-refractivity contribution in [3.8, 4) is 11.3 Å². The zero-order valence-corrected chi connectivity index (χ0v) is 14.9. The average molecular weight is 371 g/mol. The molecule has 1 fully saturated rings. The molecule has 1 N–H and O–H groups in total. The van der Waals surface area contributed by atoms with Crippen LogP contribution in [0.25, 0.3) is 16.9 Å². The van der Waals surface area contributed by atoms with Crippen molar-refractivity contribution in [1.82, 2.24) is 19.2 Å². The van der Waals surface area contributed by atoms with Crippen LogP contribution in [0, 0.1) is 0 Å². The molecule has 0 unspecified atom stereocenters. The number of carbonyl (C=O) groups is 1. The Hall–Kier alpha value is -2.57. The highest BCUT2D eigenvalue weighted by molar-refractivity contribution is 6.30. The first-order valence-corrected chi connectivity index (χ1v) is 8.92. The highest BCUT2D eigenvalue weighted by Crippen LogP contribution is 2.27. The molecular weight excluding hydrogens is 352 g/mol. The van der Waals surface area contributed by atoms with Gasteiger partial charge in [-0.05, 0) is 24.3 Å². The number of rotatable bonds is 3. The summed E-state index contributed by atoms with van der Waals surface area (Å²) in [5.41, 5.74) is 3.97. The summed E-state index contributed by atoms with van der Waals surface area (Å²) in [7, 11) is 0. The lowest BCUT2D eigenvalue weighted by Crippen LogP contribution is -2.47. The van der Waals surface area contributed by atoms with Gasteiger partial charge in [0.15, 0.2) is 0 Å². The number of piperazine rings is 1. The minimum absolute atomic E-state index is 0.530. The maximum atomic E-state index is 11.1. The van der Waals surface area contributed by atoms with E-state index in [0.717, 1.165) is 29.1 Å². The third kappa shape index (κ3) is 3.25. The van der Waals surface area contributed by atoms with E-state index in [2.05, 4.69) is 9.30 Å². The van der Waals surface area contributed by atoms with Crippen molar-refractivity contribution < 1.29 is 9.90 Å². The molecule has 0 spiro atoms. The van der Waals surface area contributed by atoms with E-state index in [4.69, 9.17) is 21.7 Å². The second-order valence-corrected chi connectivity index (χ2v) is 6.83. The number of hydrogen-bond acceptors (Lipinski definition) is 3. The van der Waals surface area contributed by atoms with E-state index >= 15 is 0 Å². The zero-order valence-electron chi connectivity index (χ0n) is 14.2. The number of halogens is 1. The number of imidazole rings is 1. The summed E-state index contributed by atoms with van der Waals surface area (Å²) in [6.45, 7) is 3.21. The Morgan fingerprint density at radius 3 is 2.50 bits per heavy atom. The fourth-order valence-corrected chi connectivity index (χ4v) is 3.47. The van der Waals surface area contributed by atoms with Crippen molar-refractivity contribution >= 4 is 23.3 Å². The highest BCUT2D eigenvalue weighted by atomic mass is 35.5. The van der Waals surface area contributed by atoms with E-state index in [-0.39, 0.29) is 0 Å². The Morgan fingerprint density at radius 2 is 1.81 bits per heavy atom. The number of carboxylic acid groups (broad SMARTS) is 1. The predicted octanol–water partition coefficient (Wildman–Crippen LogP) is 3.45. The van der Waals surface area contributed by atoms with Gasteiger partial charge in [-0.3, -0.25) is 4.90 Å². The summed E-state index contributed by atoms with van der Waals surface area (Å²) < 4.78 is 2.10. The fourth-order valence-electron chi connectivity index (χ4n) is 3.35. The first-order valence-electron chi connectivity index (χ1n) is 8.54. The SMILES string of the molecule is O=C(O)N1CCN(Cc2c(-c3ccc(Cl)cc3)nc3ccccn23)CC1. The Kier molecular flexibility index (Phi) is 4.53. The van der Waals surface area contributed by atoms with Gasteiger partial charge in [0, 0.05) is 49.5 Å². The molecule has 7 heteroatoms. The molecule has 0 aliphatic carbocycles. The quantitative estimate of drug-likeness (QED) is 0.767. The third-order valence-electron chi connectivity index (χ3n) is 4.76. The van der Waals surface area contributed by atoms with E-state index < -0.39 is 6.09 Å². The smallest absolute Gasteiger partial charge is 0.407 e. The van der Waals surface area contributed by atoms with E-state index in [1.165, 1.54) is 4.90 Å². The van der Waals surface area contributed by atoms with Crippen LogP contribution < -0.4 is 0 Å². The molecule has 6 nitrogen and oxygen atoms in total. The number of amides is 1. The van der Waals surface area contributed by atoms with Crippen molar-refractivity contribution in [3.05, 3.63) is 59.4 Å². The van der Waals surface area contributed by atoms with Gasteiger partial charge in [-0.15, -0.1) is 0 Å². The molecular formula is C19H19ClN4O2. The van der Waals surface area contributed by atoms with Crippen molar-refractivity contribution in [2.75, 3.05) is 26.2 Å². The molecule has 1 saturated heterocycles. The summed E-state index contributed by atoms with van der Waals surface area (Å²) in [5, 5.41) is 9.82. The summed E-state index contributed by atoms with van der Waals surface area (Å²) in [4.78, 5) is 19.6. The van der Waals surface area contributed by atoms with Gasteiger partial charge in [0.1, 0.15) is 5.65 Å². The summed E-state index contributed by atoms with van der Waals surface area (Å²) in [5.74, 6) is 0. The molecule has 0 saturated carbocycles. The van der Waals surface area contributed by atoms with E-state index in [1.54, 1.807) is 0 Å². The monoisotopic (exact) mass is 370 g/mol. The molecule has 3 aromatic rings. The number of pyridine rings is 1. The Bertz CT molecular complexity index is 930. The lowest BCUT2D eigenvalue weighted by molar-refractivity contribution is 0.102. The first-order chi connectivity index (χ1) is 12.6. The molecule has 3 heterocycles. The number of benzene rings is 1. The van der Waals surface area contributed by atoms with Crippen LogP contribution in [0.5, 0.6) is 0 Å². The van der Waals surface area contributed by atoms with Gasteiger partial charge in [0.25, 0.3) is 0 Å². The summed E-state index contributed by atoms with van der Waals surface area (Å²) >= 11 is 6.03. The average Bonchev–Trinajstić information content (AvgIpc) is 3.01. The maximum Gasteiger partial charge on any atom is 0.407 e. The van der Waals surface area contributed by atoms with Crippen LogP contribution in [0.3, 0.4) is 0 Å². The minimum atomic E-state index is -0.846. The normalized spacial score (nSPS) is 15.5. The first kappa shape index (κ1) is 16.9. The van der Waals surface area contributed by atoms with Gasteiger partial charge < -0.3 is 14.4 Å². The van der Waals surface area contributed by atoms with Gasteiger partial charge in [-0.2, -0.15) is 0 Å². The Morgan fingerprint density at radius 1 is 1.08 bits per heavy atom. The lowest BCUT2D eigenvalue weighted by Gasteiger charge is -2.33. The zero-order chi connectivity index (χ0) is 18.1. The number of aromatic nitrogens is 2. The molecule has 1 amide bonds. The topological polar surface area (TPSA) is 61.1 Å². The van der Waals surface area contributed by atoms with Gasteiger partial charge >= 0.3 is 6.09 Å². The van der Waals surface area contributed by atoms with E-state index in [1.807, 2.05) is 48.7 Å². The van der Waals surface area contributed by atoms with Gasteiger partial charge in [0.05, 0.1) is 11.4 Å². The van der Waals surface area contributed by atoms with E-state index in [9.17, 15) is 4.79 Å². The van der Waals surface area contributed by atoms with Crippen LogP contribution in [0.2, 0.25) is 5.02 Å². The van der Waals surface area contributed by atoms with Gasteiger partial charge in [-0.1, -0.05) is 29.8 Å². The second kappa shape index (κ2) is 6.97. The standard InChI is InChI=1S/C19H19ClN4O2/c20-15-6-4-14(5-7-15)18-16(24-8-2-1-3-17(24)21-18)13-22-9-11-23(12-10-22)19(25)26/h1-8H,9-13H2,(H,25,26). The van der Waals surface area contributed by atoms with Crippen LogP contribution in [-0.4, -0.2) is 56.6 Å². The lowest BCUT2D eigenvalue weighted by atomic mass is 10.1. The van der Waals surface area contributed by atoms with Crippen molar-refractivity contribution in [1.29, 1.82) is 0 Å². The van der Waals surface area contributed by atoms with Crippen LogP contribution in [-0.2, 0) is 6.54 Å². The molecule has 0 radical (unpaired) electrons.